The van der Waals surface area contributed by atoms with Gasteiger partial charge in [-0.1, -0.05) is 30.3 Å². The third-order valence-corrected chi connectivity index (χ3v) is 3.63. The van der Waals surface area contributed by atoms with Gasteiger partial charge in [0.2, 0.25) is 5.95 Å². The zero-order valence-electron chi connectivity index (χ0n) is 13.8. The smallest absolute Gasteiger partial charge is 0.229 e. The Balaban J connectivity index is 1.67. The first-order chi connectivity index (χ1) is 12.1. The van der Waals surface area contributed by atoms with Gasteiger partial charge < -0.3 is 10.6 Å². The van der Waals surface area contributed by atoms with Gasteiger partial charge in [0.05, 0.1) is 5.69 Å². The van der Waals surface area contributed by atoms with Gasteiger partial charge in [0, 0.05) is 18.3 Å². The van der Waals surface area contributed by atoms with E-state index in [9.17, 15) is 8.78 Å². The number of anilines is 3. The molecule has 1 heterocycles. The van der Waals surface area contributed by atoms with Crippen molar-refractivity contribution in [3.63, 3.8) is 0 Å². The molecule has 0 radical (unpaired) electrons. The van der Waals surface area contributed by atoms with E-state index >= 15 is 0 Å². The fraction of sp³-hybridized carbons (Fsp3) is 0.158. The van der Waals surface area contributed by atoms with E-state index in [1.165, 1.54) is 12.1 Å². The van der Waals surface area contributed by atoms with Crippen LogP contribution in [-0.2, 0) is 6.42 Å². The lowest BCUT2D eigenvalue weighted by Crippen LogP contribution is -2.09. The Hall–Kier alpha value is -3.02. The number of hydrogen-bond acceptors (Lipinski definition) is 4. The molecule has 0 unspecified atom stereocenters. The van der Waals surface area contributed by atoms with E-state index in [2.05, 4.69) is 20.6 Å². The van der Waals surface area contributed by atoms with E-state index in [4.69, 9.17) is 0 Å². The number of hydrogen-bond donors (Lipinski definition) is 2. The molecule has 0 saturated carbocycles. The summed E-state index contributed by atoms with van der Waals surface area (Å²) >= 11 is 0. The highest BCUT2D eigenvalue weighted by Crippen LogP contribution is 2.18. The van der Waals surface area contributed by atoms with Crippen LogP contribution < -0.4 is 10.6 Å². The average Bonchev–Trinajstić information content (AvgIpc) is 2.58. The van der Waals surface area contributed by atoms with Crippen LogP contribution in [0.2, 0.25) is 0 Å². The maximum Gasteiger partial charge on any atom is 0.229 e. The summed E-state index contributed by atoms with van der Waals surface area (Å²) in [7, 11) is 0. The average molecular weight is 340 g/mol. The first-order valence-corrected chi connectivity index (χ1v) is 7.96. The summed E-state index contributed by atoms with van der Waals surface area (Å²) in [5.74, 6) is 0.313. The Morgan fingerprint density at radius 1 is 0.920 bits per heavy atom. The molecule has 0 atom stereocenters. The normalized spacial score (nSPS) is 10.5. The maximum absolute atomic E-state index is 13.7. The van der Waals surface area contributed by atoms with Crippen molar-refractivity contribution in [3.8, 4) is 0 Å². The Morgan fingerprint density at radius 2 is 1.64 bits per heavy atom. The summed E-state index contributed by atoms with van der Waals surface area (Å²) < 4.78 is 27.4. The zero-order valence-corrected chi connectivity index (χ0v) is 13.8. The predicted molar refractivity (Wildman–Crippen MR) is 95.0 cm³/mol. The highest BCUT2D eigenvalue weighted by atomic mass is 19.1. The Labute approximate surface area is 145 Å². The van der Waals surface area contributed by atoms with Crippen LogP contribution in [0.5, 0.6) is 0 Å². The molecule has 3 rings (SSSR count). The first-order valence-electron chi connectivity index (χ1n) is 7.96. The minimum atomic E-state index is -0.373. The van der Waals surface area contributed by atoms with Crippen LogP contribution in [0.25, 0.3) is 0 Å². The molecule has 0 saturated heterocycles. The van der Waals surface area contributed by atoms with E-state index in [-0.39, 0.29) is 11.6 Å². The molecule has 0 aliphatic rings. The number of nitrogens with one attached hydrogen (secondary N) is 2. The van der Waals surface area contributed by atoms with E-state index in [0.29, 0.717) is 36.0 Å². The number of benzene rings is 2. The van der Waals surface area contributed by atoms with Crippen LogP contribution in [0.4, 0.5) is 26.2 Å². The van der Waals surface area contributed by atoms with Crippen LogP contribution in [-0.4, -0.2) is 16.5 Å². The van der Waals surface area contributed by atoms with E-state index < -0.39 is 0 Å². The second kappa shape index (κ2) is 7.70. The molecular weight excluding hydrogens is 322 g/mol. The lowest BCUT2D eigenvalue weighted by molar-refractivity contribution is 0.610. The van der Waals surface area contributed by atoms with Gasteiger partial charge in [0.15, 0.2) is 0 Å². The molecule has 0 spiro atoms. The van der Waals surface area contributed by atoms with Crippen molar-refractivity contribution in [2.75, 3.05) is 17.2 Å². The van der Waals surface area contributed by atoms with E-state index in [1.807, 2.05) is 13.0 Å². The SMILES string of the molecule is Cc1cc(NCCc2ccccc2F)nc(Nc2ccccc2F)n1. The third-order valence-electron chi connectivity index (χ3n) is 3.63. The van der Waals surface area contributed by atoms with Gasteiger partial charge in [-0.25, -0.2) is 13.8 Å². The van der Waals surface area contributed by atoms with Crippen molar-refractivity contribution in [1.29, 1.82) is 0 Å². The van der Waals surface area contributed by atoms with Gasteiger partial charge in [-0.2, -0.15) is 4.98 Å². The maximum atomic E-state index is 13.7. The van der Waals surface area contributed by atoms with Crippen LogP contribution in [0, 0.1) is 18.6 Å². The number of aryl methyl sites for hydroxylation is 1. The lowest BCUT2D eigenvalue weighted by Gasteiger charge is -2.10. The molecule has 0 fully saturated rings. The summed E-state index contributed by atoms with van der Waals surface area (Å²) in [4.78, 5) is 8.59. The van der Waals surface area contributed by atoms with Crippen molar-refractivity contribution in [3.05, 3.63) is 77.5 Å². The van der Waals surface area contributed by atoms with Crippen molar-refractivity contribution in [2.45, 2.75) is 13.3 Å². The third kappa shape index (κ3) is 4.50. The second-order valence-corrected chi connectivity index (χ2v) is 5.59. The lowest BCUT2D eigenvalue weighted by atomic mass is 10.1. The van der Waals surface area contributed by atoms with Crippen LogP contribution in [0.1, 0.15) is 11.3 Å². The standard InChI is InChI=1S/C19H18F2N4/c1-13-12-18(22-11-10-14-6-2-3-7-15(14)20)25-19(23-13)24-17-9-5-4-8-16(17)21/h2-9,12H,10-11H2,1H3,(H2,22,23,24,25). The highest BCUT2D eigenvalue weighted by molar-refractivity contribution is 5.55. The summed E-state index contributed by atoms with van der Waals surface area (Å²) in [6.07, 6.45) is 0.534. The molecule has 0 aliphatic heterocycles. The number of rotatable bonds is 6. The molecule has 0 amide bonds. The Morgan fingerprint density at radius 3 is 2.40 bits per heavy atom. The fourth-order valence-electron chi connectivity index (χ4n) is 2.42. The first kappa shape index (κ1) is 16.8. The molecule has 0 bridgehead atoms. The van der Waals surface area contributed by atoms with Gasteiger partial charge in [-0.05, 0) is 37.1 Å². The van der Waals surface area contributed by atoms with Gasteiger partial charge in [0.1, 0.15) is 17.5 Å². The van der Waals surface area contributed by atoms with Crippen molar-refractivity contribution < 1.29 is 8.78 Å². The minimum absolute atomic E-state index is 0.218. The largest absolute Gasteiger partial charge is 0.370 e. The molecule has 1 aromatic heterocycles. The quantitative estimate of drug-likeness (QED) is 0.695. The monoisotopic (exact) mass is 340 g/mol. The fourth-order valence-corrected chi connectivity index (χ4v) is 2.42. The van der Waals surface area contributed by atoms with Gasteiger partial charge in [-0.3, -0.25) is 0 Å². The van der Waals surface area contributed by atoms with Crippen molar-refractivity contribution >= 4 is 17.5 Å². The molecule has 4 nitrogen and oxygen atoms in total. The topological polar surface area (TPSA) is 49.8 Å². The minimum Gasteiger partial charge on any atom is -0.370 e. The van der Waals surface area contributed by atoms with Crippen molar-refractivity contribution in [1.82, 2.24) is 9.97 Å². The summed E-state index contributed by atoms with van der Waals surface area (Å²) in [5.41, 5.74) is 1.69. The van der Waals surface area contributed by atoms with Crippen molar-refractivity contribution in [2.24, 2.45) is 0 Å². The number of halogens is 2. The summed E-state index contributed by atoms with van der Waals surface area (Å²) in [6, 6.07) is 14.8. The Bertz CT molecular complexity index is 868. The van der Waals surface area contributed by atoms with Crippen LogP contribution in [0.15, 0.2) is 54.6 Å². The molecule has 6 heteroatoms. The van der Waals surface area contributed by atoms with Gasteiger partial charge in [-0.15, -0.1) is 0 Å². The molecule has 0 aliphatic carbocycles. The van der Waals surface area contributed by atoms with E-state index in [0.717, 1.165) is 5.69 Å². The van der Waals surface area contributed by atoms with E-state index in [1.54, 1.807) is 36.4 Å². The van der Waals surface area contributed by atoms with Gasteiger partial charge in [0.25, 0.3) is 0 Å². The number of para-hydroxylation sites is 1. The van der Waals surface area contributed by atoms with Gasteiger partial charge >= 0.3 is 0 Å². The Kier molecular flexibility index (Phi) is 5.18. The zero-order chi connectivity index (χ0) is 17.6. The van der Waals surface area contributed by atoms with Crippen LogP contribution in [0.3, 0.4) is 0 Å². The molecule has 2 N–H and O–H groups in total. The molecule has 3 aromatic rings. The van der Waals surface area contributed by atoms with Crippen LogP contribution >= 0.6 is 0 Å². The number of nitrogens with zero attached hydrogens (tertiary/aromatic N) is 2. The molecule has 128 valence electrons. The summed E-state index contributed by atoms with van der Waals surface area (Å²) in [6.45, 7) is 2.35. The molecular formula is C19H18F2N4. The number of aromatic nitrogens is 2. The highest BCUT2D eigenvalue weighted by Gasteiger charge is 2.06. The summed E-state index contributed by atoms with van der Waals surface area (Å²) in [5, 5.41) is 6.02. The molecule has 2 aromatic carbocycles. The predicted octanol–water partition coefficient (Wildman–Crippen LogP) is 4.46. The molecule has 25 heavy (non-hydrogen) atoms. The second-order valence-electron chi connectivity index (χ2n) is 5.59.